The molecule has 0 aliphatic heterocycles. The Morgan fingerprint density at radius 2 is 1.06 bits per heavy atom. The lowest BCUT2D eigenvalue weighted by Gasteiger charge is -2.16. The Bertz CT molecular complexity index is 643. The molecule has 0 aromatic heterocycles. The first-order valence-corrected chi connectivity index (χ1v) is 4.88. The molecule has 0 spiro atoms. The number of rotatable bonds is 0. The zero-order chi connectivity index (χ0) is 12.9. The van der Waals surface area contributed by atoms with Crippen LogP contribution < -0.4 is 0 Å². The second-order valence-electron chi connectivity index (χ2n) is 3.60. The van der Waals surface area contributed by atoms with Crippen LogP contribution in [0.5, 0.6) is 0 Å². The van der Waals surface area contributed by atoms with Crippen LogP contribution in [0.3, 0.4) is 0 Å². The van der Waals surface area contributed by atoms with Gasteiger partial charge in [-0.3, -0.25) is 9.59 Å². The van der Waals surface area contributed by atoms with Gasteiger partial charge in [-0.05, 0) is 0 Å². The Labute approximate surface area is 95.3 Å². The van der Waals surface area contributed by atoms with Gasteiger partial charge in [-0.2, -0.15) is 0 Å². The van der Waals surface area contributed by atoms with Crippen molar-refractivity contribution < 1.29 is 12.3 Å². The predicted molar refractivity (Wildman–Crippen MR) is 59.7 cm³/mol. The van der Waals surface area contributed by atoms with Gasteiger partial charge >= 0.3 is 0 Å². The summed E-state index contributed by atoms with van der Waals surface area (Å²) >= 11 is 0. The van der Waals surface area contributed by atoms with E-state index in [2.05, 4.69) is 0 Å². The molecule has 0 atom stereocenters. The molecular formula is C14H8O2. The second-order valence-corrected chi connectivity index (χ2v) is 3.60. The number of hydrogen-bond donors (Lipinski definition) is 0. The van der Waals surface area contributed by atoms with Crippen molar-refractivity contribution in [1.29, 1.82) is 0 Å². The van der Waals surface area contributed by atoms with Crippen LogP contribution in [0, 0.1) is 0 Å². The molecule has 3 rings (SSSR count). The molecule has 0 fully saturated rings. The maximum atomic E-state index is 12.2. The van der Waals surface area contributed by atoms with Crippen molar-refractivity contribution >= 4 is 11.6 Å². The van der Waals surface area contributed by atoms with E-state index < -0.39 is 0 Å². The van der Waals surface area contributed by atoms with E-state index in [1.807, 2.05) is 0 Å². The molecule has 1 aliphatic carbocycles. The van der Waals surface area contributed by atoms with E-state index in [4.69, 9.17) is 2.74 Å². The zero-order valence-corrected chi connectivity index (χ0v) is 8.28. The lowest BCUT2D eigenvalue weighted by atomic mass is 9.84. The molecule has 0 amide bonds. The molecule has 0 radical (unpaired) electrons. The lowest BCUT2D eigenvalue weighted by molar-refractivity contribution is 0.0979. The van der Waals surface area contributed by atoms with Crippen LogP contribution >= 0.6 is 0 Å². The molecule has 2 nitrogen and oxygen atoms in total. The van der Waals surface area contributed by atoms with Crippen molar-refractivity contribution in [3.63, 3.8) is 0 Å². The van der Waals surface area contributed by atoms with Crippen LogP contribution in [0.15, 0.2) is 48.5 Å². The molecule has 0 bridgehead atoms. The van der Waals surface area contributed by atoms with Gasteiger partial charge in [-0.1, -0.05) is 48.5 Å². The van der Waals surface area contributed by atoms with Crippen molar-refractivity contribution in [1.82, 2.24) is 0 Å². The largest absolute Gasteiger partial charge is 0.289 e. The van der Waals surface area contributed by atoms with E-state index in [0.717, 1.165) is 0 Å². The first kappa shape index (κ1) is 7.12. The number of carbonyl (C=O) groups is 2. The summed E-state index contributed by atoms with van der Waals surface area (Å²) in [4.78, 5) is 24.4. The molecule has 0 N–H and O–H groups in total. The van der Waals surface area contributed by atoms with Gasteiger partial charge in [0, 0.05) is 22.3 Å². The molecule has 76 valence electrons. The van der Waals surface area contributed by atoms with Crippen LogP contribution in [0.1, 0.15) is 34.6 Å². The fourth-order valence-corrected chi connectivity index (χ4v) is 1.92. The minimum absolute atomic E-state index is 0.204. The molecule has 16 heavy (non-hydrogen) atoms. The smallest absolute Gasteiger partial charge is 0.194 e. The molecule has 0 saturated carbocycles. The number of hydrogen-bond acceptors (Lipinski definition) is 2. The van der Waals surface area contributed by atoms with E-state index in [9.17, 15) is 9.59 Å². The molecule has 0 saturated heterocycles. The fraction of sp³-hybridized carbons (Fsp3) is 0. The molecule has 0 unspecified atom stereocenters. The van der Waals surface area contributed by atoms with E-state index in [0.29, 0.717) is 11.1 Å². The van der Waals surface area contributed by atoms with Gasteiger partial charge in [0.25, 0.3) is 0 Å². The number of ketones is 2. The van der Waals surface area contributed by atoms with Gasteiger partial charge in [0.05, 0.1) is 2.74 Å². The standard InChI is InChI=1S/C14H8O2/c15-13-9-5-1-2-6-10(9)14(16)12-8-4-3-7-11(12)13/h1-8H/i1D,4D. The van der Waals surface area contributed by atoms with E-state index in [1.54, 1.807) is 0 Å². The zero-order valence-electron chi connectivity index (χ0n) is 10.3. The Morgan fingerprint density at radius 1 is 0.688 bits per heavy atom. The summed E-state index contributed by atoms with van der Waals surface area (Å²) in [6.45, 7) is 0. The van der Waals surface area contributed by atoms with E-state index >= 15 is 0 Å². The van der Waals surface area contributed by atoms with Crippen molar-refractivity contribution in [3.05, 3.63) is 70.7 Å². The highest BCUT2D eigenvalue weighted by Gasteiger charge is 2.28. The second kappa shape index (κ2) is 3.14. The highest BCUT2D eigenvalue weighted by Crippen LogP contribution is 2.26. The third-order valence-electron chi connectivity index (χ3n) is 2.71. The Morgan fingerprint density at radius 3 is 1.50 bits per heavy atom. The van der Waals surface area contributed by atoms with Crippen LogP contribution in [0.4, 0.5) is 0 Å². The summed E-state index contributed by atoms with van der Waals surface area (Å²) in [5.41, 5.74) is 1.18. The van der Waals surface area contributed by atoms with Gasteiger partial charge in [0.2, 0.25) is 0 Å². The monoisotopic (exact) mass is 210 g/mol. The fourth-order valence-electron chi connectivity index (χ4n) is 1.92. The average molecular weight is 210 g/mol. The minimum atomic E-state index is -0.256. The molecule has 1 aliphatic rings. The van der Waals surface area contributed by atoms with Gasteiger partial charge in [0.15, 0.2) is 11.6 Å². The summed E-state index contributed by atoms with van der Waals surface area (Å²) < 4.78 is 15.0. The van der Waals surface area contributed by atoms with Crippen molar-refractivity contribution in [2.24, 2.45) is 0 Å². The van der Waals surface area contributed by atoms with Gasteiger partial charge < -0.3 is 0 Å². The molecular weight excluding hydrogens is 200 g/mol. The minimum Gasteiger partial charge on any atom is -0.289 e. The van der Waals surface area contributed by atoms with Gasteiger partial charge in [-0.15, -0.1) is 0 Å². The third-order valence-corrected chi connectivity index (χ3v) is 2.71. The molecule has 2 aromatic rings. The van der Waals surface area contributed by atoms with Crippen molar-refractivity contribution in [2.75, 3.05) is 0 Å². The summed E-state index contributed by atoms with van der Waals surface area (Å²) in [5.74, 6) is -0.512. The number of benzene rings is 2. The van der Waals surface area contributed by atoms with E-state index in [1.165, 1.54) is 36.4 Å². The maximum absolute atomic E-state index is 12.2. The highest BCUT2D eigenvalue weighted by atomic mass is 16.1. The Hall–Kier alpha value is -2.22. The van der Waals surface area contributed by atoms with Crippen molar-refractivity contribution in [3.8, 4) is 0 Å². The maximum Gasteiger partial charge on any atom is 0.194 e. The normalized spacial score (nSPS) is 15.0. The lowest BCUT2D eigenvalue weighted by Crippen LogP contribution is -2.20. The number of fused-ring (bicyclic) bond motifs is 2. The molecule has 0 heterocycles. The Kier molecular flexibility index (Phi) is 1.40. The van der Waals surface area contributed by atoms with Gasteiger partial charge in [0.1, 0.15) is 0 Å². The van der Waals surface area contributed by atoms with Crippen LogP contribution in [-0.4, -0.2) is 11.6 Å². The van der Waals surface area contributed by atoms with Crippen LogP contribution in [0.2, 0.25) is 0 Å². The highest BCUT2D eigenvalue weighted by molar-refractivity contribution is 6.28. The molecule has 2 aromatic carbocycles. The topological polar surface area (TPSA) is 34.1 Å². The predicted octanol–water partition coefficient (Wildman–Crippen LogP) is 2.46. The summed E-state index contributed by atoms with van der Waals surface area (Å²) in [6.07, 6.45) is 0. The summed E-state index contributed by atoms with van der Waals surface area (Å²) in [5, 5.41) is 0. The molecule has 2 heteroatoms. The van der Waals surface area contributed by atoms with E-state index in [-0.39, 0.29) is 34.8 Å². The first-order chi connectivity index (χ1) is 8.58. The van der Waals surface area contributed by atoms with Crippen molar-refractivity contribution in [2.45, 2.75) is 0 Å². The average Bonchev–Trinajstić information content (AvgIpc) is 2.36. The summed E-state index contributed by atoms with van der Waals surface area (Å²) in [6, 6.07) is 9.19. The van der Waals surface area contributed by atoms with Crippen LogP contribution in [0.25, 0.3) is 0 Å². The van der Waals surface area contributed by atoms with Crippen LogP contribution in [-0.2, 0) is 0 Å². The van der Waals surface area contributed by atoms with Gasteiger partial charge in [-0.25, -0.2) is 0 Å². The SMILES string of the molecule is [2H]c1ccc2c(c1)C(=O)c1ccc([2H])cc1C2=O. The summed E-state index contributed by atoms with van der Waals surface area (Å²) in [7, 11) is 0. The number of carbonyl (C=O) groups excluding carboxylic acids is 2. The first-order valence-electron chi connectivity index (χ1n) is 5.88. The third kappa shape index (κ3) is 1.07. The quantitative estimate of drug-likeness (QED) is 0.571. The Balaban J connectivity index is 2.31.